The maximum absolute atomic E-state index is 6.48. The van der Waals surface area contributed by atoms with Gasteiger partial charge in [0.25, 0.3) is 0 Å². The van der Waals surface area contributed by atoms with Gasteiger partial charge in [0, 0.05) is 65.7 Å². The number of aromatic amines is 1. The van der Waals surface area contributed by atoms with Crippen molar-refractivity contribution in [1.82, 2.24) is 24.5 Å². The van der Waals surface area contributed by atoms with Gasteiger partial charge in [-0.15, -0.1) is 0 Å². The minimum Gasteiger partial charge on any atom is -0.456 e. The smallest absolute Gasteiger partial charge is 0.164 e. The molecule has 0 unspecified atom stereocenters. The van der Waals surface area contributed by atoms with E-state index in [1.165, 1.54) is 82.8 Å². The van der Waals surface area contributed by atoms with E-state index in [2.05, 4.69) is 280 Å². The molecule has 4 heterocycles. The first kappa shape index (κ1) is 50.7. The Morgan fingerprint density at radius 3 is 1.55 bits per heavy atom. The van der Waals surface area contributed by atoms with Crippen LogP contribution in [0.5, 0.6) is 0 Å². The van der Waals surface area contributed by atoms with Crippen LogP contribution in [0.25, 0.3) is 150 Å². The Labute approximate surface area is 498 Å². The Morgan fingerprint density at radius 1 is 0.349 bits per heavy atom. The van der Waals surface area contributed by atoms with E-state index in [-0.39, 0.29) is 0 Å². The third kappa shape index (κ3) is 8.68. The lowest BCUT2D eigenvalue weighted by Crippen LogP contribution is -2.04. The summed E-state index contributed by atoms with van der Waals surface area (Å²) in [4.78, 5) is 19.9. The maximum atomic E-state index is 6.48. The standard InChI is InChI=1S/C80H57N5O/c1-48-39-50(3)77(51(4)40-48)55-33-32-54(69(42-55)66-47-59(36-31-49(66)2)85-73-28-16-12-24-62(73)63-25-13-17-29-74(63)85)41-70-67(52-19-7-5-8-20-52)43-58(44-68(70)53-21-9-6-10-22-53)80-83-78(56-34-37-61-60-23-11-15-27-71(60)81-72(61)45-56)82-79(84-80)57-35-38-65-64-26-14-18-30-75(64)86-76(65)46-57/h5-40,42-47,81H,41H2,1-4H3. The molecule has 0 spiro atoms. The van der Waals surface area contributed by atoms with Crippen LogP contribution < -0.4 is 0 Å². The molecule has 6 nitrogen and oxygen atoms in total. The van der Waals surface area contributed by atoms with Gasteiger partial charge in [0.05, 0.1) is 11.0 Å². The summed E-state index contributed by atoms with van der Waals surface area (Å²) in [5, 5.41) is 6.92. The van der Waals surface area contributed by atoms with Crippen LogP contribution in [0.15, 0.2) is 259 Å². The number of rotatable bonds is 10. The van der Waals surface area contributed by atoms with Crippen molar-refractivity contribution in [2.24, 2.45) is 0 Å². The fourth-order valence-corrected chi connectivity index (χ4v) is 13.6. The Balaban J connectivity index is 0.919. The van der Waals surface area contributed by atoms with E-state index in [1.807, 2.05) is 12.1 Å². The van der Waals surface area contributed by atoms with Crippen LogP contribution in [0, 0.1) is 27.7 Å². The quantitative estimate of drug-likeness (QED) is 0.148. The van der Waals surface area contributed by atoms with Gasteiger partial charge < -0.3 is 14.0 Å². The van der Waals surface area contributed by atoms with E-state index in [1.54, 1.807) is 0 Å². The van der Waals surface area contributed by atoms with Gasteiger partial charge in [-0.2, -0.15) is 0 Å². The second-order valence-corrected chi connectivity index (χ2v) is 23.0. The highest BCUT2D eigenvalue weighted by atomic mass is 16.3. The normalized spacial score (nSPS) is 11.8. The van der Waals surface area contributed by atoms with Crippen molar-refractivity contribution < 1.29 is 4.42 Å². The highest BCUT2D eigenvalue weighted by Crippen LogP contribution is 2.44. The number of hydrogen-bond acceptors (Lipinski definition) is 4. The van der Waals surface area contributed by atoms with E-state index in [4.69, 9.17) is 19.4 Å². The first-order valence-corrected chi connectivity index (χ1v) is 29.5. The molecular weight excluding hydrogens is 1050 g/mol. The lowest BCUT2D eigenvalue weighted by Gasteiger charge is -2.22. The maximum Gasteiger partial charge on any atom is 0.164 e. The summed E-state index contributed by atoms with van der Waals surface area (Å²) >= 11 is 0. The minimum atomic E-state index is 0.554. The predicted molar refractivity (Wildman–Crippen MR) is 357 cm³/mol. The third-order valence-corrected chi connectivity index (χ3v) is 17.5. The summed E-state index contributed by atoms with van der Waals surface area (Å²) in [5.74, 6) is 1.70. The SMILES string of the molecule is Cc1cc(C)c(-c2ccc(Cc3c(-c4ccccc4)cc(-c4nc(-c5ccc6c(c5)[nH]c5ccccc56)nc(-c5ccc6c(c5)oc5ccccc56)n4)cc3-c3ccccc3)c(-c3cc(-n4c5ccccc5c5ccccc54)ccc3C)c2)c(C)c1. The number of fused-ring (bicyclic) bond motifs is 9. The molecule has 86 heavy (non-hydrogen) atoms. The number of H-pyrrole nitrogens is 1. The molecule has 0 saturated carbocycles. The zero-order valence-electron chi connectivity index (χ0n) is 48.2. The second kappa shape index (κ2) is 20.4. The van der Waals surface area contributed by atoms with Crippen molar-refractivity contribution in [2.75, 3.05) is 0 Å². The number of aromatic nitrogens is 5. The van der Waals surface area contributed by atoms with Gasteiger partial charge >= 0.3 is 0 Å². The molecule has 0 saturated heterocycles. The number of nitrogens with zero attached hydrogens (tertiary/aromatic N) is 4. The Hall–Kier alpha value is -11.0. The van der Waals surface area contributed by atoms with E-state index in [0.717, 1.165) is 83.0 Å². The molecule has 0 aliphatic carbocycles. The van der Waals surface area contributed by atoms with Crippen molar-refractivity contribution in [3.8, 4) is 84.4 Å². The number of para-hydroxylation sites is 4. The van der Waals surface area contributed by atoms with E-state index >= 15 is 0 Å². The van der Waals surface area contributed by atoms with Crippen molar-refractivity contribution in [2.45, 2.75) is 34.1 Å². The molecule has 0 fully saturated rings. The van der Waals surface area contributed by atoms with Gasteiger partial charge in [0.1, 0.15) is 11.2 Å². The van der Waals surface area contributed by atoms with Crippen LogP contribution in [0.2, 0.25) is 0 Å². The highest BCUT2D eigenvalue weighted by molar-refractivity contribution is 6.10. The lowest BCUT2D eigenvalue weighted by molar-refractivity contribution is 0.669. The summed E-state index contributed by atoms with van der Waals surface area (Å²) < 4.78 is 8.91. The number of nitrogens with one attached hydrogen (secondary N) is 1. The van der Waals surface area contributed by atoms with E-state index < -0.39 is 0 Å². The molecule has 0 amide bonds. The second-order valence-electron chi connectivity index (χ2n) is 23.0. The topological polar surface area (TPSA) is 72.5 Å². The van der Waals surface area contributed by atoms with Gasteiger partial charge in [0.15, 0.2) is 17.5 Å². The number of benzene rings is 12. The molecule has 0 aliphatic heterocycles. The monoisotopic (exact) mass is 1100 g/mol. The Bertz CT molecular complexity index is 5110. The molecule has 6 heteroatoms. The fraction of sp³-hybridized carbons (Fsp3) is 0.0625. The molecule has 16 rings (SSSR count). The number of aryl methyl sites for hydroxylation is 4. The van der Waals surface area contributed by atoms with Crippen molar-refractivity contribution in [3.63, 3.8) is 0 Å². The van der Waals surface area contributed by atoms with Gasteiger partial charge in [-0.05, 0) is 179 Å². The average molecular weight is 1100 g/mol. The molecule has 0 atom stereocenters. The van der Waals surface area contributed by atoms with Crippen molar-refractivity contribution >= 4 is 65.6 Å². The van der Waals surface area contributed by atoms with Gasteiger partial charge in [-0.25, -0.2) is 15.0 Å². The molecule has 16 aromatic rings. The summed E-state index contributed by atoms with van der Waals surface area (Å²) in [6.07, 6.45) is 0.630. The number of furan rings is 1. The van der Waals surface area contributed by atoms with Crippen LogP contribution in [0.4, 0.5) is 0 Å². The van der Waals surface area contributed by atoms with Gasteiger partial charge in [-0.1, -0.05) is 188 Å². The summed E-state index contributed by atoms with van der Waals surface area (Å²) in [6, 6.07) is 92.0. The minimum absolute atomic E-state index is 0.554. The molecule has 1 N–H and O–H groups in total. The highest BCUT2D eigenvalue weighted by Gasteiger charge is 2.24. The molecule has 0 bridgehead atoms. The molecule has 0 aliphatic rings. The van der Waals surface area contributed by atoms with Crippen molar-refractivity contribution in [1.29, 1.82) is 0 Å². The molecule has 0 radical (unpaired) electrons. The lowest BCUT2D eigenvalue weighted by atomic mass is 9.83. The van der Waals surface area contributed by atoms with Crippen LogP contribution in [-0.2, 0) is 6.42 Å². The number of hydrogen-bond donors (Lipinski definition) is 1. The van der Waals surface area contributed by atoms with Crippen molar-refractivity contribution in [3.05, 3.63) is 288 Å². The van der Waals surface area contributed by atoms with Crippen LogP contribution in [0.1, 0.15) is 33.4 Å². The summed E-state index contributed by atoms with van der Waals surface area (Å²) in [7, 11) is 0. The van der Waals surface area contributed by atoms with E-state index in [9.17, 15) is 0 Å². The summed E-state index contributed by atoms with van der Waals surface area (Å²) in [6.45, 7) is 8.94. The molecule has 4 aromatic heterocycles. The fourth-order valence-electron chi connectivity index (χ4n) is 13.6. The van der Waals surface area contributed by atoms with Crippen LogP contribution in [0.3, 0.4) is 0 Å². The zero-order chi connectivity index (χ0) is 57.6. The molecule has 12 aromatic carbocycles. The Kier molecular flexibility index (Phi) is 12.1. The predicted octanol–water partition coefficient (Wildman–Crippen LogP) is 21.0. The van der Waals surface area contributed by atoms with E-state index in [0.29, 0.717) is 23.9 Å². The largest absolute Gasteiger partial charge is 0.456 e. The first-order valence-electron chi connectivity index (χ1n) is 29.5. The Morgan fingerprint density at radius 2 is 0.872 bits per heavy atom. The first-order chi connectivity index (χ1) is 42.2. The van der Waals surface area contributed by atoms with Gasteiger partial charge in [0.2, 0.25) is 0 Å². The molecular formula is C80H57N5O. The van der Waals surface area contributed by atoms with Crippen LogP contribution >= 0.6 is 0 Å². The molecule has 408 valence electrons. The van der Waals surface area contributed by atoms with Gasteiger partial charge in [-0.3, -0.25) is 0 Å². The summed E-state index contributed by atoms with van der Waals surface area (Å²) in [5.41, 5.74) is 26.5. The zero-order valence-corrected chi connectivity index (χ0v) is 48.2. The average Bonchev–Trinajstić information content (AvgIpc) is 4.23. The van der Waals surface area contributed by atoms with Crippen LogP contribution in [-0.4, -0.2) is 24.5 Å². The third-order valence-electron chi connectivity index (χ3n) is 17.5.